The molecule has 0 atom stereocenters. The molecule has 0 aliphatic heterocycles. The van der Waals surface area contributed by atoms with Gasteiger partial charge in [0.25, 0.3) is 0 Å². The summed E-state index contributed by atoms with van der Waals surface area (Å²) in [5.74, 6) is 0. The van der Waals surface area contributed by atoms with Crippen molar-refractivity contribution < 1.29 is 0 Å². The molecular weight excluding hydrogens is 232 g/mol. The summed E-state index contributed by atoms with van der Waals surface area (Å²) in [6.45, 7) is 0.994. The molecule has 1 aromatic carbocycles. The smallest absolute Gasteiger partial charge is 0.0488 e. The molecule has 2 heterocycles. The van der Waals surface area contributed by atoms with Crippen LogP contribution >= 0.6 is 0 Å². The monoisotopic (exact) mass is 250 g/mol. The first-order valence-corrected chi connectivity index (χ1v) is 6.69. The van der Waals surface area contributed by atoms with Gasteiger partial charge in [-0.15, -0.1) is 0 Å². The van der Waals surface area contributed by atoms with E-state index in [9.17, 15) is 0 Å². The Morgan fingerprint density at radius 3 is 2.58 bits per heavy atom. The largest absolute Gasteiger partial charge is 0.323 e. The summed E-state index contributed by atoms with van der Waals surface area (Å²) >= 11 is 0. The number of benzene rings is 1. The van der Waals surface area contributed by atoms with E-state index < -0.39 is 0 Å². The van der Waals surface area contributed by atoms with Crippen LogP contribution in [-0.4, -0.2) is 18.0 Å². The highest BCUT2D eigenvalue weighted by atomic mass is 14.9. The molecule has 0 unspecified atom stereocenters. The molecular formula is C17H18N2. The van der Waals surface area contributed by atoms with Crippen molar-refractivity contribution in [3.8, 4) is 11.1 Å². The number of pyridine rings is 1. The predicted molar refractivity (Wildman–Crippen MR) is 80.5 cm³/mol. The van der Waals surface area contributed by atoms with Crippen LogP contribution in [0.15, 0.2) is 60.9 Å². The number of nitrogens with zero attached hydrogens (tertiary/aromatic N) is 1. The average Bonchev–Trinajstić information content (AvgIpc) is 2.85. The first-order valence-electron chi connectivity index (χ1n) is 6.69. The van der Waals surface area contributed by atoms with Crippen LogP contribution in [0.25, 0.3) is 16.6 Å². The summed E-state index contributed by atoms with van der Waals surface area (Å²) in [5, 5.41) is 3.24. The average molecular weight is 250 g/mol. The van der Waals surface area contributed by atoms with Crippen molar-refractivity contribution in [2.24, 2.45) is 0 Å². The van der Waals surface area contributed by atoms with Gasteiger partial charge in [0.1, 0.15) is 0 Å². The second-order valence-electron chi connectivity index (χ2n) is 4.73. The molecule has 0 saturated carbocycles. The van der Waals surface area contributed by atoms with Crippen molar-refractivity contribution in [2.45, 2.75) is 6.42 Å². The van der Waals surface area contributed by atoms with Crippen molar-refractivity contribution in [2.75, 3.05) is 13.6 Å². The fourth-order valence-corrected chi connectivity index (χ4v) is 2.56. The Labute approximate surface area is 113 Å². The second kappa shape index (κ2) is 5.29. The summed E-state index contributed by atoms with van der Waals surface area (Å²) in [6, 6.07) is 17.0. The van der Waals surface area contributed by atoms with Gasteiger partial charge in [0.15, 0.2) is 0 Å². The number of nitrogens with one attached hydrogen (secondary N) is 1. The molecule has 0 aliphatic carbocycles. The summed E-state index contributed by atoms with van der Waals surface area (Å²) in [7, 11) is 2.00. The second-order valence-corrected chi connectivity index (χ2v) is 4.73. The van der Waals surface area contributed by atoms with Crippen LogP contribution in [0.2, 0.25) is 0 Å². The number of fused-ring (bicyclic) bond motifs is 1. The molecule has 0 amide bonds. The minimum atomic E-state index is 0.994. The zero-order valence-electron chi connectivity index (χ0n) is 11.1. The zero-order valence-corrected chi connectivity index (χ0v) is 11.1. The highest BCUT2D eigenvalue weighted by molar-refractivity contribution is 5.76. The number of aromatic nitrogens is 1. The van der Waals surface area contributed by atoms with Gasteiger partial charge in [0.2, 0.25) is 0 Å². The minimum absolute atomic E-state index is 0.994. The van der Waals surface area contributed by atoms with Gasteiger partial charge in [0, 0.05) is 23.5 Å². The third-order valence-corrected chi connectivity index (χ3v) is 3.50. The summed E-state index contributed by atoms with van der Waals surface area (Å²) in [4.78, 5) is 0. The van der Waals surface area contributed by atoms with Crippen molar-refractivity contribution >= 4 is 5.52 Å². The van der Waals surface area contributed by atoms with E-state index in [1.54, 1.807) is 0 Å². The molecule has 2 heteroatoms. The van der Waals surface area contributed by atoms with E-state index in [4.69, 9.17) is 0 Å². The first kappa shape index (κ1) is 12.0. The van der Waals surface area contributed by atoms with Crippen LogP contribution in [0, 0.1) is 0 Å². The molecule has 96 valence electrons. The normalized spacial score (nSPS) is 11.0. The first-order chi connectivity index (χ1) is 9.40. The molecule has 2 nitrogen and oxygen atoms in total. The van der Waals surface area contributed by atoms with Gasteiger partial charge in [-0.2, -0.15) is 0 Å². The Morgan fingerprint density at radius 2 is 1.79 bits per heavy atom. The summed E-state index contributed by atoms with van der Waals surface area (Å²) in [6.07, 6.45) is 5.39. The van der Waals surface area contributed by atoms with E-state index in [1.807, 2.05) is 7.05 Å². The molecule has 0 fully saturated rings. The van der Waals surface area contributed by atoms with E-state index in [0.29, 0.717) is 0 Å². The predicted octanol–water partition coefficient (Wildman–Crippen LogP) is 3.37. The van der Waals surface area contributed by atoms with Crippen LogP contribution in [-0.2, 0) is 6.42 Å². The maximum absolute atomic E-state index is 3.24. The SMILES string of the molecule is CNCCc1c(-c2ccccc2)cn2ccccc12. The molecule has 3 aromatic rings. The van der Waals surface area contributed by atoms with Crippen molar-refractivity contribution in [1.29, 1.82) is 0 Å². The lowest BCUT2D eigenvalue weighted by Crippen LogP contribution is -2.10. The van der Waals surface area contributed by atoms with Gasteiger partial charge in [0.05, 0.1) is 0 Å². The van der Waals surface area contributed by atoms with E-state index in [-0.39, 0.29) is 0 Å². The molecule has 3 rings (SSSR count). The lowest BCUT2D eigenvalue weighted by Gasteiger charge is -2.04. The maximum Gasteiger partial charge on any atom is 0.0488 e. The fourth-order valence-electron chi connectivity index (χ4n) is 2.56. The molecule has 0 bridgehead atoms. The third-order valence-electron chi connectivity index (χ3n) is 3.50. The van der Waals surface area contributed by atoms with Crippen LogP contribution < -0.4 is 5.32 Å². The number of likely N-dealkylation sites (N-methyl/N-ethyl adjacent to an activating group) is 1. The maximum atomic E-state index is 3.24. The van der Waals surface area contributed by atoms with Crippen molar-refractivity contribution in [3.63, 3.8) is 0 Å². The zero-order chi connectivity index (χ0) is 13.1. The topological polar surface area (TPSA) is 16.4 Å². The van der Waals surface area contributed by atoms with E-state index >= 15 is 0 Å². The minimum Gasteiger partial charge on any atom is -0.323 e. The van der Waals surface area contributed by atoms with Gasteiger partial charge in [-0.25, -0.2) is 0 Å². The molecule has 0 saturated heterocycles. The van der Waals surface area contributed by atoms with Crippen LogP contribution in [0.1, 0.15) is 5.56 Å². The highest BCUT2D eigenvalue weighted by Gasteiger charge is 2.11. The Balaban J connectivity index is 2.17. The van der Waals surface area contributed by atoms with E-state index in [0.717, 1.165) is 13.0 Å². The van der Waals surface area contributed by atoms with Crippen molar-refractivity contribution in [3.05, 3.63) is 66.5 Å². The van der Waals surface area contributed by atoms with Gasteiger partial charge in [-0.1, -0.05) is 36.4 Å². The molecule has 0 aliphatic rings. The van der Waals surface area contributed by atoms with E-state index in [2.05, 4.69) is 70.6 Å². The number of rotatable bonds is 4. The van der Waals surface area contributed by atoms with E-state index in [1.165, 1.54) is 22.2 Å². The van der Waals surface area contributed by atoms with Gasteiger partial charge < -0.3 is 9.72 Å². The summed E-state index contributed by atoms with van der Waals surface area (Å²) in [5.41, 5.74) is 5.34. The molecule has 0 spiro atoms. The fraction of sp³-hybridized carbons (Fsp3) is 0.176. The molecule has 1 N–H and O–H groups in total. The van der Waals surface area contributed by atoms with Crippen molar-refractivity contribution in [1.82, 2.24) is 9.72 Å². The Morgan fingerprint density at radius 1 is 1.00 bits per heavy atom. The Hall–Kier alpha value is -2.06. The van der Waals surface area contributed by atoms with Crippen LogP contribution in [0.5, 0.6) is 0 Å². The third kappa shape index (κ3) is 2.27. The Kier molecular flexibility index (Phi) is 3.34. The standard InChI is InChI=1S/C17H18N2/c1-18-11-10-15-16(14-7-3-2-4-8-14)13-19-12-6-5-9-17(15)19/h2-9,12-13,18H,10-11H2,1H3. The quantitative estimate of drug-likeness (QED) is 0.751. The number of hydrogen-bond donors (Lipinski definition) is 1. The van der Waals surface area contributed by atoms with Gasteiger partial charge >= 0.3 is 0 Å². The Bertz CT molecular complexity index is 668. The van der Waals surface area contributed by atoms with Gasteiger partial charge in [-0.3, -0.25) is 0 Å². The molecule has 19 heavy (non-hydrogen) atoms. The molecule has 2 aromatic heterocycles. The van der Waals surface area contributed by atoms with Crippen LogP contribution in [0.4, 0.5) is 0 Å². The summed E-state index contributed by atoms with van der Waals surface area (Å²) < 4.78 is 2.22. The highest BCUT2D eigenvalue weighted by Crippen LogP contribution is 2.28. The lowest BCUT2D eigenvalue weighted by molar-refractivity contribution is 0.796. The number of hydrogen-bond acceptors (Lipinski definition) is 1. The molecule has 0 radical (unpaired) electrons. The van der Waals surface area contributed by atoms with Crippen LogP contribution in [0.3, 0.4) is 0 Å². The lowest BCUT2D eigenvalue weighted by atomic mass is 10.0. The van der Waals surface area contributed by atoms with Gasteiger partial charge in [-0.05, 0) is 43.3 Å².